The Morgan fingerprint density at radius 3 is 1.88 bits per heavy atom. The molecule has 2 aliphatic rings. The fraction of sp³-hybridized carbons (Fsp3) is 0.579. The summed E-state index contributed by atoms with van der Waals surface area (Å²) in [5.41, 5.74) is 1.30. The van der Waals surface area contributed by atoms with Gasteiger partial charge >= 0.3 is 0 Å². The molecule has 0 aliphatic carbocycles. The first-order valence-corrected chi connectivity index (χ1v) is 9.12. The largest absolute Gasteiger partial charge is 0.340 e. The molecular weight excluding hydrogens is 316 g/mol. The molecule has 25 heavy (non-hydrogen) atoms. The highest BCUT2D eigenvalue weighted by Crippen LogP contribution is 2.10. The number of benzene rings is 1. The van der Waals surface area contributed by atoms with Gasteiger partial charge in [-0.1, -0.05) is 30.3 Å². The zero-order chi connectivity index (χ0) is 17.6. The lowest BCUT2D eigenvalue weighted by atomic mass is 10.2. The molecular formula is C19H28N4O2. The molecule has 0 unspecified atom stereocenters. The van der Waals surface area contributed by atoms with Crippen LogP contribution in [-0.4, -0.2) is 90.8 Å². The van der Waals surface area contributed by atoms with Gasteiger partial charge in [0.05, 0.1) is 0 Å². The van der Waals surface area contributed by atoms with E-state index in [-0.39, 0.29) is 18.2 Å². The minimum absolute atomic E-state index is 0.0163. The lowest BCUT2D eigenvalue weighted by molar-refractivity contribution is -0.142. The van der Waals surface area contributed by atoms with Crippen LogP contribution in [-0.2, 0) is 16.1 Å². The maximum absolute atomic E-state index is 12.4. The molecule has 0 radical (unpaired) electrons. The van der Waals surface area contributed by atoms with E-state index in [4.69, 9.17) is 0 Å². The van der Waals surface area contributed by atoms with E-state index in [0.717, 1.165) is 45.8 Å². The molecule has 1 aromatic rings. The van der Waals surface area contributed by atoms with Crippen molar-refractivity contribution in [1.82, 2.24) is 19.6 Å². The summed E-state index contributed by atoms with van der Waals surface area (Å²) in [4.78, 5) is 33.0. The van der Waals surface area contributed by atoms with Crippen LogP contribution in [0.2, 0.25) is 0 Å². The molecule has 0 N–H and O–H groups in total. The minimum Gasteiger partial charge on any atom is -0.340 e. The molecule has 2 aliphatic heterocycles. The smallest absolute Gasteiger partial charge is 0.232 e. The van der Waals surface area contributed by atoms with Crippen molar-refractivity contribution < 1.29 is 9.59 Å². The predicted octanol–water partition coefficient (Wildman–Crippen LogP) is 0.495. The number of hydrogen-bond acceptors (Lipinski definition) is 4. The van der Waals surface area contributed by atoms with Crippen LogP contribution in [0.25, 0.3) is 0 Å². The van der Waals surface area contributed by atoms with E-state index in [9.17, 15) is 9.59 Å². The summed E-state index contributed by atoms with van der Waals surface area (Å²) in [5.74, 6) is -0.0481. The third-order valence-corrected chi connectivity index (χ3v) is 5.13. The number of piperazine rings is 2. The Morgan fingerprint density at radius 2 is 1.32 bits per heavy atom. The van der Waals surface area contributed by atoms with E-state index in [2.05, 4.69) is 41.1 Å². The van der Waals surface area contributed by atoms with Crippen LogP contribution >= 0.6 is 0 Å². The Morgan fingerprint density at radius 1 is 0.800 bits per heavy atom. The summed E-state index contributed by atoms with van der Waals surface area (Å²) >= 11 is 0. The maximum atomic E-state index is 12.4. The highest BCUT2D eigenvalue weighted by atomic mass is 16.2. The number of likely N-dealkylation sites (N-methyl/N-ethyl adjacent to an activating group) is 1. The fourth-order valence-electron chi connectivity index (χ4n) is 3.41. The van der Waals surface area contributed by atoms with Crippen LogP contribution in [0.3, 0.4) is 0 Å². The Kier molecular flexibility index (Phi) is 6.04. The van der Waals surface area contributed by atoms with Gasteiger partial charge < -0.3 is 14.7 Å². The van der Waals surface area contributed by atoms with Gasteiger partial charge in [-0.05, 0) is 12.6 Å². The number of hydrogen-bond donors (Lipinski definition) is 0. The van der Waals surface area contributed by atoms with Gasteiger partial charge in [-0.2, -0.15) is 0 Å². The first-order chi connectivity index (χ1) is 12.1. The molecule has 2 amide bonds. The van der Waals surface area contributed by atoms with Gasteiger partial charge in [-0.25, -0.2) is 0 Å². The summed E-state index contributed by atoms with van der Waals surface area (Å²) in [6.07, 6.45) is 0.0163. The predicted molar refractivity (Wildman–Crippen MR) is 97.0 cm³/mol. The molecule has 2 fully saturated rings. The second-order valence-corrected chi connectivity index (χ2v) is 7.00. The van der Waals surface area contributed by atoms with Crippen molar-refractivity contribution >= 4 is 11.8 Å². The normalized spacial score (nSPS) is 19.9. The van der Waals surface area contributed by atoms with E-state index in [1.807, 2.05) is 15.9 Å². The molecule has 136 valence electrons. The summed E-state index contributed by atoms with van der Waals surface area (Å²) < 4.78 is 0. The van der Waals surface area contributed by atoms with Crippen molar-refractivity contribution in [1.29, 1.82) is 0 Å². The SMILES string of the molecule is CN1CCN(C(=O)CC(=O)N2CCN(Cc3ccccc3)CC2)CC1. The lowest BCUT2D eigenvalue weighted by Crippen LogP contribution is -2.51. The van der Waals surface area contributed by atoms with Gasteiger partial charge in [-0.15, -0.1) is 0 Å². The molecule has 0 atom stereocenters. The van der Waals surface area contributed by atoms with Crippen LogP contribution in [0.4, 0.5) is 0 Å². The highest BCUT2D eigenvalue weighted by molar-refractivity contribution is 5.97. The second kappa shape index (κ2) is 8.45. The van der Waals surface area contributed by atoms with Gasteiger partial charge in [0, 0.05) is 58.9 Å². The Balaban J connectivity index is 1.41. The van der Waals surface area contributed by atoms with E-state index in [1.54, 1.807) is 0 Å². The molecule has 0 bridgehead atoms. The van der Waals surface area contributed by atoms with E-state index >= 15 is 0 Å². The highest BCUT2D eigenvalue weighted by Gasteiger charge is 2.26. The topological polar surface area (TPSA) is 47.1 Å². The van der Waals surface area contributed by atoms with Gasteiger partial charge in [-0.3, -0.25) is 14.5 Å². The number of rotatable bonds is 4. The summed E-state index contributed by atoms with van der Waals surface area (Å²) in [7, 11) is 2.06. The van der Waals surface area contributed by atoms with Crippen molar-refractivity contribution in [2.45, 2.75) is 13.0 Å². The molecule has 0 aromatic heterocycles. The van der Waals surface area contributed by atoms with Gasteiger partial charge in [0.2, 0.25) is 11.8 Å². The fourth-order valence-corrected chi connectivity index (χ4v) is 3.41. The van der Waals surface area contributed by atoms with Gasteiger partial charge in [0.15, 0.2) is 0 Å². The van der Waals surface area contributed by atoms with Gasteiger partial charge in [0.25, 0.3) is 0 Å². The van der Waals surface area contributed by atoms with Crippen LogP contribution in [0.5, 0.6) is 0 Å². The van der Waals surface area contributed by atoms with Crippen LogP contribution in [0.1, 0.15) is 12.0 Å². The van der Waals surface area contributed by atoms with Gasteiger partial charge in [0.1, 0.15) is 6.42 Å². The van der Waals surface area contributed by atoms with E-state index in [0.29, 0.717) is 13.1 Å². The third kappa shape index (κ3) is 5.03. The lowest BCUT2D eigenvalue weighted by Gasteiger charge is -2.36. The monoisotopic (exact) mass is 344 g/mol. The number of carbonyl (C=O) groups is 2. The van der Waals surface area contributed by atoms with Crippen molar-refractivity contribution in [3.05, 3.63) is 35.9 Å². The maximum Gasteiger partial charge on any atom is 0.232 e. The molecule has 0 spiro atoms. The number of amides is 2. The Bertz CT molecular complexity index is 576. The summed E-state index contributed by atoms with van der Waals surface area (Å²) in [5, 5.41) is 0. The summed E-state index contributed by atoms with van der Waals surface area (Å²) in [6.45, 7) is 7.30. The first kappa shape index (κ1) is 17.9. The van der Waals surface area contributed by atoms with Crippen molar-refractivity contribution in [2.75, 3.05) is 59.4 Å². The van der Waals surface area contributed by atoms with Crippen molar-refractivity contribution in [3.63, 3.8) is 0 Å². The zero-order valence-electron chi connectivity index (χ0n) is 15.1. The quantitative estimate of drug-likeness (QED) is 0.746. The third-order valence-electron chi connectivity index (χ3n) is 5.13. The van der Waals surface area contributed by atoms with Crippen molar-refractivity contribution in [2.24, 2.45) is 0 Å². The molecule has 1 aromatic carbocycles. The standard InChI is InChI=1S/C19H28N4O2/c1-20-7-11-22(12-8-20)18(24)15-19(25)23-13-9-21(10-14-23)16-17-5-3-2-4-6-17/h2-6H,7-16H2,1H3. The van der Waals surface area contributed by atoms with Crippen LogP contribution < -0.4 is 0 Å². The van der Waals surface area contributed by atoms with Crippen LogP contribution in [0.15, 0.2) is 30.3 Å². The summed E-state index contributed by atoms with van der Waals surface area (Å²) in [6, 6.07) is 10.4. The average Bonchev–Trinajstić information content (AvgIpc) is 2.63. The molecule has 2 saturated heterocycles. The molecule has 6 nitrogen and oxygen atoms in total. The first-order valence-electron chi connectivity index (χ1n) is 9.12. The molecule has 6 heteroatoms. The molecule has 2 heterocycles. The number of carbonyl (C=O) groups excluding carboxylic acids is 2. The molecule has 0 saturated carbocycles. The average molecular weight is 344 g/mol. The Labute approximate surface area is 150 Å². The van der Waals surface area contributed by atoms with E-state index in [1.165, 1.54) is 5.56 Å². The molecule has 3 rings (SSSR count). The zero-order valence-corrected chi connectivity index (χ0v) is 15.1. The minimum atomic E-state index is -0.0247. The van der Waals surface area contributed by atoms with E-state index < -0.39 is 0 Å². The Hall–Kier alpha value is -1.92. The van der Waals surface area contributed by atoms with Crippen LogP contribution in [0, 0.1) is 0 Å². The second-order valence-electron chi connectivity index (χ2n) is 7.00. The van der Waals surface area contributed by atoms with Crippen molar-refractivity contribution in [3.8, 4) is 0 Å². The number of nitrogens with zero attached hydrogens (tertiary/aromatic N) is 4.